The summed E-state index contributed by atoms with van der Waals surface area (Å²) in [5.41, 5.74) is 16.8. The van der Waals surface area contributed by atoms with Gasteiger partial charge in [0.05, 0.1) is 0 Å². The average Bonchev–Trinajstić information content (AvgIpc) is 3.29. The van der Waals surface area contributed by atoms with Crippen LogP contribution in [0, 0.1) is 18.2 Å². The third kappa shape index (κ3) is 9.12. The molecule has 3 nitrogen and oxygen atoms in total. The first-order valence-corrected chi connectivity index (χ1v) is 21.6. The van der Waals surface area contributed by atoms with Gasteiger partial charge in [-0.05, 0) is 75.6 Å². The SMILES string of the molecule is Brc1cc(-c2ccccn2)[c-]cc1CCc1cc(-c2ccccc2-c2c[c-]c(-c3ccccn3)cc2Br)cc(-c2ccccc2-c2c[c-]c(-c3ccccn3)cc2Br)c1.[Ir+3]. The molecule has 290 valence electrons. The molecule has 0 aliphatic rings. The smallest absolute Gasteiger partial charge is 0.305 e. The fourth-order valence-corrected chi connectivity index (χ4v) is 9.06. The zero-order chi connectivity index (χ0) is 40.1. The van der Waals surface area contributed by atoms with Crippen molar-refractivity contribution in [2.24, 2.45) is 0 Å². The van der Waals surface area contributed by atoms with Crippen LogP contribution >= 0.6 is 47.8 Å². The van der Waals surface area contributed by atoms with Crippen molar-refractivity contribution in [1.82, 2.24) is 15.0 Å². The topological polar surface area (TPSA) is 38.7 Å². The molecule has 0 aliphatic carbocycles. The van der Waals surface area contributed by atoms with Gasteiger partial charge in [-0.3, -0.25) is 0 Å². The van der Waals surface area contributed by atoms with Gasteiger partial charge in [0.1, 0.15) is 0 Å². The van der Waals surface area contributed by atoms with Crippen molar-refractivity contribution in [1.29, 1.82) is 0 Å². The first-order chi connectivity index (χ1) is 29.0. The quantitative estimate of drug-likeness (QED) is 0.128. The summed E-state index contributed by atoms with van der Waals surface area (Å²) < 4.78 is 3.02. The minimum atomic E-state index is 0. The van der Waals surface area contributed by atoms with Crippen molar-refractivity contribution in [2.75, 3.05) is 0 Å². The summed E-state index contributed by atoms with van der Waals surface area (Å²) in [4.78, 5) is 13.6. The molecule has 3 aromatic heterocycles. The number of hydrogen-bond acceptors (Lipinski definition) is 3. The zero-order valence-electron chi connectivity index (χ0n) is 32.0. The van der Waals surface area contributed by atoms with E-state index in [0.29, 0.717) is 0 Å². The summed E-state index contributed by atoms with van der Waals surface area (Å²) in [5, 5.41) is 0. The maximum absolute atomic E-state index is 4.55. The van der Waals surface area contributed by atoms with Crippen LogP contribution < -0.4 is 0 Å². The summed E-state index contributed by atoms with van der Waals surface area (Å²) in [5.74, 6) is 0. The van der Waals surface area contributed by atoms with Gasteiger partial charge < -0.3 is 15.0 Å². The van der Waals surface area contributed by atoms with Gasteiger partial charge in [-0.25, -0.2) is 0 Å². The Bertz CT molecular complexity index is 2770. The third-order valence-corrected chi connectivity index (χ3v) is 12.4. The van der Waals surface area contributed by atoms with Crippen molar-refractivity contribution in [3.63, 3.8) is 0 Å². The van der Waals surface area contributed by atoms with Crippen molar-refractivity contribution in [3.8, 4) is 78.3 Å². The molecule has 0 unspecified atom stereocenters. The van der Waals surface area contributed by atoms with Gasteiger partial charge in [0, 0.05) is 18.6 Å². The number of rotatable bonds is 10. The average molecular weight is 1140 g/mol. The standard InChI is InChI=1S/C53H33Br3N3.Ir/c54-48-32-37(51-15-5-8-26-57-51)21-20-36(48)19-18-35-29-40(42-11-1-3-13-44(42)46-24-22-38(33-49(46)55)52-16-6-9-27-58-52)31-41(30-35)43-12-2-4-14-45(43)47-25-23-39(34-50(47)56)53-17-7-10-28-59-53;/h1-17,20,24-34H,18-19H2;/q-3;+3. The van der Waals surface area contributed by atoms with Crippen molar-refractivity contribution < 1.29 is 20.1 Å². The second-order valence-corrected chi connectivity index (χ2v) is 16.7. The predicted molar refractivity (Wildman–Crippen MR) is 251 cm³/mol. The van der Waals surface area contributed by atoms with Crippen molar-refractivity contribution in [2.45, 2.75) is 12.8 Å². The molecule has 0 bridgehead atoms. The van der Waals surface area contributed by atoms with Crippen LogP contribution in [0.25, 0.3) is 78.3 Å². The Kier molecular flexibility index (Phi) is 13.2. The monoisotopic (exact) mass is 1140 g/mol. The first-order valence-electron chi connectivity index (χ1n) is 19.2. The minimum absolute atomic E-state index is 0. The summed E-state index contributed by atoms with van der Waals surface area (Å²) in [6.45, 7) is 0. The van der Waals surface area contributed by atoms with Gasteiger partial charge in [0.15, 0.2) is 0 Å². The van der Waals surface area contributed by atoms with E-state index in [1.807, 2.05) is 73.2 Å². The first kappa shape index (κ1) is 41.6. The van der Waals surface area contributed by atoms with Crippen LogP contribution in [0.2, 0.25) is 0 Å². The largest absolute Gasteiger partial charge is 3.00 e. The van der Waals surface area contributed by atoms with Crippen LogP contribution in [-0.2, 0) is 32.9 Å². The van der Waals surface area contributed by atoms with E-state index < -0.39 is 0 Å². The van der Waals surface area contributed by atoms with Gasteiger partial charge >= 0.3 is 20.1 Å². The van der Waals surface area contributed by atoms with Crippen LogP contribution in [0.15, 0.2) is 190 Å². The number of benzene rings is 6. The predicted octanol–water partition coefficient (Wildman–Crippen LogP) is 15.0. The van der Waals surface area contributed by atoms with E-state index in [9.17, 15) is 0 Å². The Morgan fingerprint density at radius 3 is 1.18 bits per heavy atom. The van der Waals surface area contributed by atoms with Crippen LogP contribution in [-0.4, -0.2) is 15.0 Å². The molecule has 6 aromatic carbocycles. The molecule has 0 saturated heterocycles. The number of aromatic nitrogens is 3. The van der Waals surface area contributed by atoms with E-state index in [-0.39, 0.29) is 20.1 Å². The van der Waals surface area contributed by atoms with Crippen LogP contribution in [0.3, 0.4) is 0 Å². The molecular formula is C53H33Br3IrN3. The van der Waals surface area contributed by atoms with E-state index in [0.717, 1.165) is 105 Å². The molecule has 0 radical (unpaired) electrons. The summed E-state index contributed by atoms with van der Waals surface area (Å²) in [6.07, 6.45) is 7.09. The Hall–Kier alpha value is -5.14. The number of aryl methyl sites for hydroxylation is 2. The van der Waals surface area contributed by atoms with E-state index in [2.05, 4.69) is 184 Å². The number of halogens is 3. The third-order valence-electron chi connectivity index (χ3n) is 10.3. The molecule has 0 N–H and O–H groups in total. The molecule has 60 heavy (non-hydrogen) atoms. The summed E-state index contributed by atoms with van der Waals surface area (Å²) in [6, 6.07) is 65.1. The van der Waals surface area contributed by atoms with E-state index in [1.165, 1.54) is 11.1 Å². The summed E-state index contributed by atoms with van der Waals surface area (Å²) >= 11 is 11.7. The molecule has 9 aromatic rings. The molecule has 9 rings (SSSR count). The second-order valence-electron chi connectivity index (χ2n) is 14.1. The maximum atomic E-state index is 4.55. The Balaban J connectivity index is 0.00000499. The molecule has 0 aliphatic heterocycles. The number of nitrogens with zero attached hydrogens (tertiary/aromatic N) is 3. The molecular weight excluding hydrogens is 1110 g/mol. The number of hydrogen-bond donors (Lipinski definition) is 0. The van der Waals surface area contributed by atoms with E-state index in [1.54, 1.807) is 0 Å². The molecule has 0 fully saturated rings. The van der Waals surface area contributed by atoms with Gasteiger partial charge in [-0.2, -0.15) is 0 Å². The molecule has 3 heterocycles. The molecule has 0 atom stereocenters. The molecule has 0 amide bonds. The molecule has 0 saturated carbocycles. The van der Waals surface area contributed by atoms with Crippen LogP contribution in [0.1, 0.15) is 11.1 Å². The normalized spacial score (nSPS) is 10.9. The number of pyridine rings is 3. The molecule has 7 heteroatoms. The van der Waals surface area contributed by atoms with Gasteiger partial charge in [-0.1, -0.05) is 187 Å². The molecule has 0 spiro atoms. The van der Waals surface area contributed by atoms with Crippen LogP contribution in [0.5, 0.6) is 0 Å². The maximum Gasteiger partial charge on any atom is 3.00 e. The van der Waals surface area contributed by atoms with Crippen LogP contribution in [0.4, 0.5) is 0 Å². The Labute approximate surface area is 389 Å². The fraction of sp³-hybridized carbons (Fsp3) is 0.0377. The van der Waals surface area contributed by atoms with Gasteiger partial charge in [0.25, 0.3) is 0 Å². The van der Waals surface area contributed by atoms with Gasteiger partial charge in [-0.15, -0.1) is 76.9 Å². The van der Waals surface area contributed by atoms with E-state index in [4.69, 9.17) is 0 Å². The fourth-order valence-electron chi connectivity index (χ4n) is 7.40. The van der Waals surface area contributed by atoms with Crippen molar-refractivity contribution >= 4 is 47.8 Å². The Morgan fingerprint density at radius 2 is 0.783 bits per heavy atom. The Morgan fingerprint density at radius 1 is 0.383 bits per heavy atom. The van der Waals surface area contributed by atoms with Crippen molar-refractivity contribution in [3.05, 3.63) is 219 Å². The zero-order valence-corrected chi connectivity index (χ0v) is 39.1. The van der Waals surface area contributed by atoms with E-state index >= 15 is 0 Å². The van der Waals surface area contributed by atoms with Gasteiger partial charge in [0.2, 0.25) is 0 Å². The summed E-state index contributed by atoms with van der Waals surface area (Å²) in [7, 11) is 0. The minimum Gasteiger partial charge on any atom is -0.305 e. The second kappa shape index (κ2) is 19.1.